The summed E-state index contributed by atoms with van der Waals surface area (Å²) in [5.74, 6) is -0.0424. The molecule has 0 fully saturated rings. The molecule has 0 aromatic rings. The third kappa shape index (κ3) is 6.54. The molecular formula is C9H20N2O2. The van der Waals surface area contributed by atoms with Gasteiger partial charge < -0.3 is 16.2 Å². The number of carbonyl (C=O) groups excluding carboxylic acids is 1. The van der Waals surface area contributed by atoms with Crippen LogP contribution in [0.2, 0.25) is 0 Å². The van der Waals surface area contributed by atoms with Crippen molar-refractivity contribution in [2.45, 2.75) is 38.7 Å². The molecule has 0 aliphatic rings. The van der Waals surface area contributed by atoms with Crippen LogP contribution in [0.1, 0.15) is 33.1 Å². The molecule has 0 aromatic carbocycles. The summed E-state index contributed by atoms with van der Waals surface area (Å²) < 4.78 is 0. The van der Waals surface area contributed by atoms with Gasteiger partial charge in [0.05, 0.1) is 5.60 Å². The van der Waals surface area contributed by atoms with E-state index in [-0.39, 0.29) is 5.91 Å². The Kier molecular flexibility index (Phi) is 5.66. The minimum absolute atomic E-state index is 0.0424. The van der Waals surface area contributed by atoms with E-state index in [1.807, 2.05) is 6.92 Å². The second-order valence-corrected chi connectivity index (χ2v) is 3.52. The van der Waals surface area contributed by atoms with Gasteiger partial charge in [-0.2, -0.15) is 0 Å². The van der Waals surface area contributed by atoms with Crippen molar-refractivity contribution in [1.82, 2.24) is 5.32 Å². The fourth-order valence-electron chi connectivity index (χ4n) is 0.765. The Balaban J connectivity index is 3.57. The molecule has 0 aromatic heterocycles. The van der Waals surface area contributed by atoms with Gasteiger partial charge in [0.2, 0.25) is 5.91 Å². The van der Waals surface area contributed by atoms with Crippen LogP contribution in [0.15, 0.2) is 0 Å². The highest BCUT2D eigenvalue weighted by atomic mass is 16.3. The highest BCUT2D eigenvalue weighted by molar-refractivity contribution is 5.75. The Morgan fingerprint density at radius 2 is 2.23 bits per heavy atom. The van der Waals surface area contributed by atoms with E-state index in [1.165, 1.54) is 0 Å². The summed E-state index contributed by atoms with van der Waals surface area (Å²) in [6, 6.07) is 0. The highest BCUT2D eigenvalue weighted by Gasteiger charge is 2.17. The quantitative estimate of drug-likeness (QED) is 0.549. The molecule has 4 N–H and O–H groups in total. The van der Waals surface area contributed by atoms with E-state index in [0.717, 1.165) is 0 Å². The van der Waals surface area contributed by atoms with Crippen LogP contribution >= 0.6 is 0 Å². The van der Waals surface area contributed by atoms with Gasteiger partial charge in [0.15, 0.2) is 0 Å². The summed E-state index contributed by atoms with van der Waals surface area (Å²) in [5, 5.41) is 12.2. The first kappa shape index (κ1) is 12.4. The average Bonchev–Trinajstić information content (AvgIpc) is 2.11. The van der Waals surface area contributed by atoms with Crippen LogP contribution in [0, 0.1) is 0 Å². The molecule has 4 heteroatoms. The van der Waals surface area contributed by atoms with Crippen molar-refractivity contribution in [3.05, 3.63) is 0 Å². The third-order valence-corrected chi connectivity index (χ3v) is 2.04. The number of amides is 1. The van der Waals surface area contributed by atoms with Crippen molar-refractivity contribution in [3.63, 3.8) is 0 Å². The van der Waals surface area contributed by atoms with Gasteiger partial charge in [-0.1, -0.05) is 6.92 Å². The van der Waals surface area contributed by atoms with Gasteiger partial charge in [-0.15, -0.1) is 0 Å². The standard InChI is InChI=1S/C9H20N2O2/c1-3-9(2,13)7-11-8(12)5-4-6-10/h13H,3-7,10H2,1-2H3,(H,11,12). The highest BCUT2D eigenvalue weighted by Crippen LogP contribution is 2.05. The Bertz CT molecular complexity index is 158. The fourth-order valence-corrected chi connectivity index (χ4v) is 0.765. The Morgan fingerprint density at radius 3 is 2.69 bits per heavy atom. The predicted molar refractivity (Wildman–Crippen MR) is 52.2 cm³/mol. The van der Waals surface area contributed by atoms with Gasteiger partial charge in [0.25, 0.3) is 0 Å². The van der Waals surface area contributed by atoms with Crippen LogP contribution in [-0.2, 0) is 4.79 Å². The summed E-state index contributed by atoms with van der Waals surface area (Å²) >= 11 is 0. The second-order valence-electron chi connectivity index (χ2n) is 3.52. The molecule has 0 rings (SSSR count). The van der Waals surface area contributed by atoms with Crippen LogP contribution in [-0.4, -0.2) is 29.7 Å². The zero-order valence-electron chi connectivity index (χ0n) is 8.47. The van der Waals surface area contributed by atoms with Crippen LogP contribution < -0.4 is 11.1 Å². The number of hydrogen-bond acceptors (Lipinski definition) is 3. The number of nitrogens with two attached hydrogens (primary N) is 1. The third-order valence-electron chi connectivity index (χ3n) is 2.04. The van der Waals surface area contributed by atoms with Gasteiger partial charge in [-0.25, -0.2) is 0 Å². The van der Waals surface area contributed by atoms with Crippen LogP contribution in [0.5, 0.6) is 0 Å². The van der Waals surface area contributed by atoms with Gasteiger partial charge in [0.1, 0.15) is 0 Å². The molecular weight excluding hydrogens is 168 g/mol. The zero-order chi connectivity index (χ0) is 10.3. The maximum absolute atomic E-state index is 11.1. The lowest BCUT2D eigenvalue weighted by Gasteiger charge is -2.21. The van der Waals surface area contributed by atoms with Crippen LogP contribution in [0.3, 0.4) is 0 Å². The topological polar surface area (TPSA) is 75.3 Å². The van der Waals surface area contributed by atoms with Crippen molar-refractivity contribution in [2.24, 2.45) is 5.73 Å². The van der Waals surface area contributed by atoms with Crippen molar-refractivity contribution in [1.29, 1.82) is 0 Å². The van der Waals surface area contributed by atoms with E-state index < -0.39 is 5.60 Å². The van der Waals surface area contributed by atoms with E-state index in [2.05, 4.69) is 5.32 Å². The minimum atomic E-state index is -0.793. The largest absolute Gasteiger partial charge is 0.388 e. The molecule has 0 radical (unpaired) electrons. The molecule has 1 amide bonds. The molecule has 0 aliphatic carbocycles. The van der Waals surface area contributed by atoms with Crippen LogP contribution in [0.4, 0.5) is 0 Å². The van der Waals surface area contributed by atoms with Gasteiger partial charge in [0, 0.05) is 13.0 Å². The number of aliphatic hydroxyl groups is 1. The number of rotatable bonds is 6. The Morgan fingerprint density at radius 1 is 1.62 bits per heavy atom. The van der Waals surface area contributed by atoms with Gasteiger partial charge >= 0.3 is 0 Å². The Hall–Kier alpha value is -0.610. The van der Waals surface area contributed by atoms with Crippen LogP contribution in [0.25, 0.3) is 0 Å². The van der Waals surface area contributed by atoms with E-state index in [4.69, 9.17) is 5.73 Å². The van der Waals surface area contributed by atoms with Crippen molar-refractivity contribution < 1.29 is 9.90 Å². The van der Waals surface area contributed by atoms with Crippen molar-refractivity contribution >= 4 is 5.91 Å². The van der Waals surface area contributed by atoms with Gasteiger partial charge in [-0.3, -0.25) is 4.79 Å². The first-order valence-corrected chi connectivity index (χ1v) is 4.71. The molecule has 78 valence electrons. The minimum Gasteiger partial charge on any atom is -0.388 e. The lowest BCUT2D eigenvalue weighted by Crippen LogP contribution is -2.40. The number of carbonyl (C=O) groups is 1. The molecule has 1 unspecified atom stereocenters. The first-order chi connectivity index (χ1) is 6.02. The molecule has 13 heavy (non-hydrogen) atoms. The number of hydrogen-bond donors (Lipinski definition) is 3. The maximum Gasteiger partial charge on any atom is 0.220 e. The summed E-state index contributed by atoms with van der Waals surface area (Å²) in [6.07, 6.45) is 1.76. The molecule has 0 bridgehead atoms. The SMILES string of the molecule is CCC(C)(O)CNC(=O)CCCN. The molecule has 0 aliphatic heterocycles. The Labute approximate surface area is 79.5 Å². The smallest absolute Gasteiger partial charge is 0.220 e. The molecule has 0 spiro atoms. The maximum atomic E-state index is 11.1. The molecule has 1 atom stereocenters. The fraction of sp³-hybridized carbons (Fsp3) is 0.889. The summed E-state index contributed by atoms with van der Waals surface area (Å²) in [6.45, 7) is 4.42. The molecule has 0 heterocycles. The van der Waals surface area contributed by atoms with Gasteiger partial charge in [-0.05, 0) is 26.3 Å². The molecule has 0 saturated carbocycles. The lowest BCUT2D eigenvalue weighted by atomic mass is 10.0. The van der Waals surface area contributed by atoms with E-state index in [0.29, 0.717) is 32.4 Å². The zero-order valence-corrected chi connectivity index (χ0v) is 8.47. The van der Waals surface area contributed by atoms with E-state index in [1.54, 1.807) is 6.92 Å². The molecule has 4 nitrogen and oxygen atoms in total. The predicted octanol–water partition coefficient (Wildman–Crippen LogP) is 0.00250. The summed E-state index contributed by atoms with van der Waals surface area (Å²) in [4.78, 5) is 11.1. The first-order valence-electron chi connectivity index (χ1n) is 4.71. The van der Waals surface area contributed by atoms with Crippen molar-refractivity contribution in [3.8, 4) is 0 Å². The number of nitrogens with one attached hydrogen (secondary N) is 1. The van der Waals surface area contributed by atoms with Crippen molar-refractivity contribution in [2.75, 3.05) is 13.1 Å². The lowest BCUT2D eigenvalue weighted by molar-refractivity contribution is -0.122. The average molecular weight is 188 g/mol. The van der Waals surface area contributed by atoms with E-state index in [9.17, 15) is 9.90 Å². The second kappa shape index (κ2) is 5.94. The molecule has 0 saturated heterocycles. The normalized spacial score (nSPS) is 15.1. The monoisotopic (exact) mass is 188 g/mol. The summed E-state index contributed by atoms with van der Waals surface area (Å²) in [5.41, 5.74) is 4.46. The summed E-state index contributed by atoms with van der Waals surface area (Å²) in [7, 11) is 0. The van der Waals surface area contributed by atoms with E-state index >= 15 is 0 Å².